The molecule has 116 valence electrons. The van der Waals surface area contributed by atoms with Gasteiger partial charge in [-0.15, -0.1) is 0 Å². The second-order valence-corrected chi connectivity index (χ2v) is 7.35. The van der Waals surface area contributed by atoms with Crippen molar-refractivity contribution in [2.24, 2.45) is 23.7 Å². The van der Waals surface area contributed by atoms with E-state index in [1.807, 2.05) is 0 Å². The highest BCUT2D eigenvalue weighted by atomic mass is 16.4. The van der Waals surface area contributed by atoms with Crippen LogP contribution >= 0.6 is 0 Å². The van der Waals surface area contributed by atoms with Crippen LogP contribution in [0.25, 0.3) is 0 Å². The summed E-state index contributed by atoms with van der Waals surface area (Å²) in [5.74, 6) is 1.76. The normalized spacial score (nSPS) is 36.2. The lowest BCUT2D eigenvalue weighted by atomic mass is 9.76. The van der Waals surface area contributed by atoms with Gasteiger partial charge in [0.15, 0.2) is 0 Å². The van der Waals surface area contributed by atoms with Gasteiger partial charge in [0.2, 0.25) is 0 Å². The Morgan fingerprint density at radius 2 is 1.85 bits per heavy atom. The highest BCUT2D eigenvalue weighted by molar-refractivity contribution is 5.70. The number of aliphatic carboxylic acids is 1. The van der Waals surface area contributed by atoms with Gasteiger partial charge in [0.25, 0.3) is 0 Å². The van der Waals surface area contributed by atoms with Crippen LogP contribution in [0.4, 0.5) is 0 Å². The molecule has 0 amide bonds. The Hall–Kier alpha value is -0.570. The van der Waals surface area contributed by atoms with Crippen molar-refractivity contribution in [1.29, 1.82) is 0 Å². The van der Waals surface area contributed by atoms with E-state index in [-0.39, 0.29) is 12.0 Å². The zero-order valence-electron chi connectivity index (χ0n) is 13.3. The van der Waals surface area contributed by atoms with Crippen molar-refractivity contribution in [3.05, 3.63) is 0 Å². The Morgan fingerprint density at radius 3 is 2.40 bits per heavy atom. The zero-order chi connectivity index (χ0) is 14.7. The molecule has 1 heterocycles. The highest BCUT2D eigenvalue weighted by Crippen LogP contribution is 2.35. The van der Waals surface area contributed by atoms with Gasteiger partial charge in [-0.25, -0.2) is 0 Å². The van der Waals surface area contributed by atoms with E-state index in [2.05, 4.69) is 25.7 Å². The molecule has 2 fully saturated rings. The number of hydrogen-bond donors (Lipinski definition) is 1. The maximum Gasteiger partial charge on any atom is 0.308 e. The molecule has 0 aromatic rings. The number of hydrogen-bond acceptors (Lipinski definition) is 2. The largest absolute Gasteiger partial charge is 0.481 e. The number of likely N-dealkylation sites (tertiary alicyclic amines) is 1. The van der Waals surface area contributed by atoms with Gasteiger partial charge in [-0.05, 0) is 69.7 Å². The average Bonchev–Trinajstić information content (AvgIpc) is 2.41. The summed E-state index contributed by atoms with van der Waals surface area (Å²) in [4.78, 5) is 13.7. The molecular formula is C17H31NO2. The predicted molar refractivity (Wildman–Crippen MR) is 81.7 cm³/mol. The predicted octanol–water partition coefficient (Wildman–Crippen LogP) is 3.63. The van der Waals surface area contributed by atoms with E-state index in [0.717, 1.165) is 43.7 Å². The number of carbonyl (C=O) groups is 1. The molecule has 1 aliphatic heterocycles. The molecule has 0 spiro atoms. The van der Waals surface area contributed by atoms with E-state index >= 15 is 0 Å². The lowest BCUT2D eigenvalue weighted by Gasteiger charge is -2.41. The molecule has 1 saturated heterocycles. The fourth-order valence-electron chi connectivity index (χ4n) is 4.17. The summed E-state index contributed by atoms with van der Waals surface area (Å²) in [5, 5.41) is 9.30. The Labute approximate surface area is 123 Å². The molecule has 1 saturated carbocycles. The van der Waals surface area contributed by atoms with Crippen LogP contribution in [-0.4, -0.2) is 35.1 Å². The summed E-state index contributed by atoms with van der Waals surface area (Å²) < 4.78 is 0. The molecule has 3 nitrogen and oxygen atoms in total. The van der Waals surface area contributed by atoms with E-state index in [9.17, 15) is 9.90 Å². The Bertz CT molecular complexity index is 321. The van der Waals surface area contributed by atoms with Gasteiger partial charge < -0.3 is 5.11 Å². The Kier molecular flexibility index (Phi) is 5.48. The minimum absolute atomic E-state index is 0.157. The number of carboxylic acid groups (broad SMARTS) is 1. The second kappa shape index (κ2) is 6.93. The molecule has 3 heteroatoms. The van der Waals surface area contributed by atoms with E-state index in [1.54, 1.807) is 0 Å². The quantitative estimate of drug-likeness (QED) is 0.855. The molecule has 0 radical (unpaired) electrons. The SMILES string of the molecule is CC(C)C1CCC(CN2CCC[C@H](C(=O)O)[C@@H]2C)CC1. The maximum absolute atomic E-state index is 11.3. The first kappa shape index (κ1) is 15.8. The summed E-state index contributed by atoms with van der Waals surface area (Å²) in [5.41, 5.74) is 0. The van der Waals surface area contributed by atoms with E-state index in [4.69, 9.17) is 0 Å². The van der Waals surface area contributed by atoms with Crippen LogP contribution < -0.4 is 0 Å². The molecule has 1 aliphatic carbocycles. The van der Waals surface area contributed by atoms with E-state index < -0.39 is 5.97 Å². The van der Waals surface area contributed by atoms with Crippen LogP contribution in [0.2, 0.25) is 0 Å². The van der Waals surface area contributed by atoms with Crippen LogP contribution in [0, 0.1) is 23.7 Å². The third-order valence-corrected chi connectivity index (χ3v) is 5.76. The van der Waals surface area contributed by atoms with Crippen molar-refractivity contribution in [2.75, 3.05) is 13.1 Å². The lowest BCUT2D eigenvalue weighted by Crippen LogP contribution is -2.48. The van der Waals surface area contributed by atoms with Crippen molar-refractivity contribution in [3.63, 3.8) is 0 Å². The minimum atomic E-state index is -0.606. The number of piperidine rings is 1. The minimum Gasteiger partial charge on any atom is -0.481 e. The molecule has 0 bridgehead atoms. The standard InChI is InChI=1S/C17H31NO2/c1-12(2)15-8-6-14(7-9-15)11-18-10-4-5-16(13(18)3)17(19)20/h12-16H,4-11H2,1-3H3,(H,19,20)/t13-,14?,15?,16-/m0/s1. The van der Waals surface area contributed by atoms with Crippen molar-refractivity contribution in [2.45, 2.75) is 65.3 Å². The molecule has 2 rings (SSSR count). The molecular weight excluding hydrogens is 250 g/mol. The molecule has 20 heavy (non-hydrogen) atoms. The first-order chi connectivity index (χ1) is 9.49. The maximum atomic E-state index is 11.3. The summed E-state index contributed by atoms with van der Waals surface area (Å²) in [6.45, 7) is 9.01. The number of nitrogens with zero attached hydrogens (tertiary/aromatic N) is 1. The molecule has 2 atom stereocenters. The molecule has 2 aliphatic rings. The van der Waals surface area contributed by atoms with Crippen LogP contribution in [0.3, 0.4) is 0 Å². The lowest BCUT2D eigenvalue weighted by molar-refractivity contribution is -0.145. The Balaban J connectivity index is 1.83. The van der Waals surface area contributed by atoms with Gasteiger partial charge in [0.05, 0.1) is 5.92 Å². The number of rotatable bonds is 4. The average molecular weight is 281 g/mol. The van der Waals surface area contributed by atoms with Gasteiger partial charge in [-0.3, -0.25) is 9.69 Å². The van der Waals surface area contributed by atoms with Crippen molar-refractivity contribution in [3.8, 4) is 0 Å². The molecule has 0 unspecified atom stereocenters. The summed E-state index contributed by atoms with van der Waals surface area (Å²) in [7, 11) is 0. The first-order valence-electron chi connectivity index (χ1n) is 8.46. The van der Waals surface area contributed by atoms with Gasteiger partial charge in [0, 0.05) is 12.6 Å². The van der Waals surface area contributed by atoms with E-state index in [0.29, 0.717) is 0 Å². The van der Waals surface area contributed by atoms with Crippen LogP contribution in [0.1, 0.15) is 59.3 Å². The van der Waals surface area contributed by atoms with Crippen molar-refractivity contribution in [1.82, 2.24) is 4.90 Å². The van der Waals surface area contributed by atoms with Crippen LogP contribution in [-0.2, 0) is 4.79 Å². The molecule has 1 N–H and O–H groups in total. The van der Waals surface area contributed by atoms with Crippen LogP contribution in [0.5, 0.6) is 0 Å². The topological polar surface area (TPSA) is 40.5 Å². The van der Waals surface area contributed by atoms with Crippen molar-refractivity contribution >= 4 is 5.97 Å². The summed E-state index contributed by atoms with van der Waals surface area (Å²) >= 11 is 0. The van der Waals surface area contributed by atoms with Gasteiger partial charge in [-0.1, -0.05) is 13.8 Å². The van der Waals surface area contributed by atoms with Gasteiger partial charge >= 0.3 is 5.97 Å². The van der Waals surface area contributed by atoms with E-state index in [1.165, 1.54) is 25.7 Å². The fourth-order valence-corrected chi connectivity index (χ4v) is 4.17. The number of carboxylic acids is 1. The van der Waals surface area contributed by atoms with Crippen LogP contribution in [0.15, 0.2) is 0 Å². The molecule has 0 aromatic heterocycles. The smallest absolute Gasteiger partial charge is 0.308 e. The summed E-state index contributed by atoms with van der Waals surface area (Å²) in [6, 6.07) is 0.212. The Morgan fingerprint density at radius 1 is 1.20 bits per heavy atom. The first-order valence-corrected chi connectivity index (χ1v) is 8.46. The van der Waals surface area contributed by atoms with Crippen molar-refractivity contribution < 1.29 is 9.90 Å². The fraction of sp³-hybridized carbons (Fsp3) is 0.941. The third-order valence-electron chi connectivity index (χ3n) is 5.76. The summed E-state index contributed by atoms with van der Waals surface area (Å²) in [6.07, 6.45) is 7.31. The zero-order valence-corrected chi connectivity index (χ0v) is 13.3. The van der Waals surface area contributed by atoms with Gasteiger partial charge in [-0.2, -0.15) is 0 Å². The third kappa shape index (κ3) is 3.75. The monoisotopic (exact) mass is 281 g/mol. The highest BCUT2D eigenvalue weighted by Gasteiger charge is 2.34. The second-order valence-electron chi connectivity index (χ2n) is 7.35. The van der Waals surface area contributed by atoms with Gasteiger partial charge in [0.1, 0.15) is 0 Å². The molecule has 0 aromatic carbocycles.